The van der Waals surface area contributed by atoms with Gasteiger partial charge in [-0.05, 0) is 75.8 Å². The van der Waals surface area contributed by atoms with Crippen molar-refractivity contribution in [1.29, 1.82) is 0 Å². The predicted molar refractivity (Wildman–Crippen MR) is 128 cm³/mol. The lowest BCUT2D eigenvalue weighted by Gasteiger charge is -2.50. The Morgan fingerprint density at radius 1 is 1.15 bits per heavy atom. The van der Waals surface area contributed by atoms with E-state index in [1.807, 2.05) is 56.0 Å². The van der Waals surface area contributed by atoms with Crippen molar-refractivity contribution in [3.8, 4) is 11.1 Å². The van der Waals surface area contributed by atoms with Crippen LogP contribution in [0.25, 0.3) is 11.1 Å². The van der Waals surface area contributed by atoms with Crippen molar-refractivity contribution < 1.29 is 23.5 Å². The first kappa shape index (κ1) is 24.2. The highest BCUT2D eigenvalue weighted by molar-refractivity contribution is 5.82. The van der Waals surface area contributed by atoms with Crippen LogP contribution >= 0.6 is 0 Å². The molecule has 2 amide bonds. The van der Waals surface area contributed by atoms with E-state index in [0.717, 1.165) is 29.5 Å². The molecule has 0 aromatic heterocycles. The molecule has 2 aliphatic heterocycles. The van der Waals surface area contributed by atoms with E-state index in [9.17, 15) is 14.0 Å². The first-order valence-corrected chi connectivity index (χ1v) is 11.9. The molecule has 2 fully saturated rings. The van der Waals surface area contributed by atoms with Crippen molar-refractivity contribution in [2.45, 2.75) is 76.8 Å². The first-order chi connectivity index (χ1) is 16.1. The summed E-state index contributed by atoms with van der Waals surface area (Å²) in [6.07, 6.45) is 1.03. The van der Waals surface area contributed by atoms with Gasteiger partial charge in [0, 0.05) is 0 Å². The lowest BCUT2D eigenvalue weighted by atomic mass is 9.85. The van der Waals surface area contributed by atoms with Gasteiger partial charge < -0.3 is 19.7 Å². The molecule has 0 aliphatic carbocycles. The van der Waals surface area contributed by atoms with E-state index < -0.39 is 17.8 Å². The van der Waals surface area contributed by atoms with Crippen LogP contribution in [0, 0.1) is 5.82 Å². The molecule has 0 saturated carbocycles. The summed E-state index contributed by atoms with van der Waals surface area (Å²) in [6.45, 7) is 7.74. The number of nitrogens with zero attached hydrogens (tertiary/aromatic N) is 1. The van der Waals surface area contributed by atoms with E-state index in [2.05, 4.69) is 5.32 Å². The standard InChI is InChI=1S/C27H33FN2O4/c1-17-25(31)30-22(16-33-17)11-12-23(29-26(32)34-27(2,3)4)24(30)14-18-7-5-8-19(13-18)20-9-6-10-21(28)15-20/h5-10,13,15,17,22-24H,11-12,14,16H2,1-4H3,(H,29,32)/t17-,22+,23+,24+/m1/s1. The van der Waals surface area contributed by atoms with Crippen LogP contribution in [0.15, 0.2) is 48.5 Å². The molecule has 1 N–H and O–H groups in total. The quantitative estimate of drug-likeness (QED) is 0.706. The van der Waals surface area contributed by atoms with Gasteiger partial charge in [0.15, 0.2) is 0 Å². The van der Waals surface area contributed by atoms with Crippen LogP contribution in [-0.2, 0) is 20.7 Å². The SMILES string of the molecule is C[C@H]1OC[C@@H]2CC[C@H](NC(=O)OC(C)(C)C)[C@H](Cc3cccc(-c4cccc(F)c4)c3)N2C1=O. The van der Waals surface area contributed by atoms with Gasteiger partial charge in [0.05, 0.1) is 24.7 Å². The van der Waals surface area contributed by atoms with E-state index >= 15 is 0 Å². The van der Waals surface area contributed by atoms with E-state index in [4.69, 9.17) is 9.47 Å². The Bertz CT molecular complexity index is 1050. The van der Waals surface area contributed by atoms with Crippen LogP contribution in [0.4, 0.5) is 9.18 Å². The molecule has 2 heterocycles. The number of carbonyl (C=O) groups excluding carboxylic acids is 2. The van der Waals surface area contributed by atoms with Crippen molar-refractivity contribution >= 4 is 12.0 Å². The fourth-order valence-electron chi connectivity index (χ4n) is 4.87. The summed E-state index contributed by atoms with van der Waals surface area (Å²) >= 11 is 0. The number of alkyl carbamates (subject to hydrolysis) is 1. The Hall–Kier alpha value is -2.93. The van der Waals surface area contributed by atoms with Crippen LogP contribution in [0.5, 0.6) is 0 Å². The average Bonchev–Trinajstić information content (AvgIpc) is 2.76. The second-order valence-electron chi connectivity index (χ2n) is 10.2. The second-order valence-corrected chi connectivity index (χ2v) is 10.2. The summed E-state index contributed by atoms with van der Waals surface area (Å²) in [5, 5.41) is 3.02. The number of fused-ring (bicyclic) bond motifs is 1. The van der Waals surface area contributed by atoms with Crippen LogP contribution in [-0.4, -0.2) is 53.3 Å². The maximum atomic E-state index is 13.8. The minimum atomic E-state index is -0.612. The third-order valence-electron chi connectivity index (χ3n) is 6.40. The van der Waals surface area contributed by atoms with Gasteiger partial charge in [-0.1, -0.05) is 36.4 Å². The number of morpholine rings is 1. The number of amides is 2. The number of carbonyl (C=O) groups is 2. The summed E-state index contributed by atoms with van der Waals surface area (Å²) in [5.74, 6) is -0.342. The highest BCUT2D eigenvalue weighted by Gasteiger charge is 2.45. The summed E-state index contributed by atoms with van der Waals surface area (Å²) in [5.41, 5.74) is 2.10. The zero-order valence-electron chi connectivity index (χ0n) is 20.2. The normalized spacial score (nSPS) is 25.0. The smallest absolute Gasteiger partial charge is 0.407 e. The zero-order valence-corrected chi connectivity index (χ0v) is 20.2. The largest absolute Gasteiger partial charge is 0.444 e. The Morgan fingerprint density at radius 3 is 2.56 bits per heavy atom. The fraction of sp³-hybridized carbons (Fsp3) is 0.481. The molecule has 2 aromatic carbocycles. The molecule has 6 nitrogen and oxygen atoms in total. The van der Waals surface area contributed by atoms with Crippen LogP contribution < -0.4 is 5.32 Å². The monoisotopic (exact) mass is 468 g/mol. The first-order valence-electron chi connectivity index (χ1n) is 11.9. The van der Waals surface area contributed by atoms with E-state index in [1.165, 1.54) is 12.1 Å². The Morgan fingerprint density at radius 2 is 1.85 bits per heavy atom. The number of hydrogen-bond acceptors (Lipinski definition) is 4. The molecule has 0 bridgehead atoms. The van der Waals surface area contributed by atoms with E-state index in [-0.39, 0.29) is 29.8 Å². The Balaban J connectivity index is 1.62. The third kappa shape index (κ3) is 5.58. The molecule has 182 valence electrons. The molecule has 7 heteroatoms. The topological polar surface area (TPSA) is 67.9 Å². The maximum absolute atomic E-state index is 13.8. The molecule has 0 unspecified atom stereocenters. The van der Waals surface area contributed by atoms with Crippen LogP contribution in [0.2, 0.25) is 0 Å². The minimum Gasteiger partial charge on any atom is -0.444 e. The molecule has 0 radical (unpaired) electrons. The maximum Gasteiger partial charge on any atom is 0.407 e. The molecular formula is C27H33FN2O4. The highest BCUT2D eigenvalue weighted by Crippen LogP contribution is 2.31. The number of nitrogens with one attached hydrogen (secondary N) is 1. The molecule has 2 aromatic rings. The van der Waals surface area contributed by atoms with Gasteiger partial charge >= 0.3 is 6.09 Å². The molecule has 4 atom stereocenters. The van der Waals surface area contributed by atoms with E-state index in [1.54, 1.807) is 13.0 Å². The van der Waals surface area contributed by atoms with Crippen molar-refractivity contribution in [1.82, 2.24) is 10.2 Å². The summed E-state index contributed by atoms with van der Waals surface area (Å²) in [7, 11) is 0. The van der Waals surface area contributed by atoms with Gasteiger partial charge in [0.25, 0.3) is 5.91 Å². The summed E-state index contributed by atoms with van der Waals surface area (Å²) in [6, 6.07) is 13.9. The number of ether oxygens (including phenoxy) is 2. The lowest BCUT2D eigenvalue weighted by molar-refractivity contribution is -0.166. The zero-order chi connectivity index (χ0) is 24.5. The van der Waals surface area contributed by atoms with Crippen LogP contribution in [0.1, 0.15) is 46.1 Å². The van der Waals surface area contributed by atoms with Crippen molar-refractivity contribution in [3.05, 3.63) is 59.9 Å². The van der Waals surface area contributed by atoms with Gasteiger partial charge in [0.1, 0.15) is 17.5 Å². The van der Waals surface area contributed by atoms with Gasteiger partial charge in [-0.25, -0.2) is 9.18 Å². The molecular weight excluding hydrogens is 435 g/mol. The number of hydrogen-bond donors (Lipinski definition) is 1. The van der Waals surface area contributed by atoms with Crippen molar-refractivity contribution in [3.63, 3.8) is 0 Å². The van der Waals surface area contributed by atoms with Gasteiger partial charge in [-0.3, -0.25) is 4.79 Å². The predicted octanol–water partition coefficient (Wildman–Crippen LogP) is 4.71. The molecule has 0 spiro atoms. The van der Waals surface area contributed by atoms with Gasteiger partial charge in [-0.2, -0.15) is 0 Å². The molecule has 2 saturated heterocycles. The second kappa shape index (κ2) is 9.74. The van der Waals surface area contributed by atoms with Crippen molar-refractivity contribution in [2.24, 2.45) is 0 Å². The van der Waals surface area contributed by atoms with E-state index in [0.29, 0.717) is 13.0 Å². The lowest BCUT2D eigenvalue weighted by Crippen LogP contribution is -2.66. The highest BCUT2D eigenvalue weighted by atomic mass is 19.1. The molecule has 2 aliphatic rings. The number of benzene rings is 2. The number of rotatable bonds is 4. The number of halogens is 1. The van der Waals surface area contributed by atoms with Gasteiger partial charge in [0.2, 0.25) is 0 Å². The minimum absolute atomic E-state index is 0.0169. The average molecular weight is 469 g/mol. The van der Waals surface area contributed by atoms with Crippen LogP contribution in [0.3, 0.4) is 0 Å². The fourth-order valence-corrected chi connectivity index (χ4v) is 4.87. The Kier molecular flexibility index (Phi) is 6.94. The van der Waals surface area contributed by atoms with Crippen molar-refractivity contribution in [2.75, 3.05) is 6.61 Å². The Labute approximate surface area is 200 Å². The molecule has 4 rings (SSSR count). The number of piperidine rings is 1. The third-order valence-corrected chi connectivity index (χ3v) is 6.40. The summed E-state index contributed by atoms with van der Waals surface area (Å²) < 4.78 is 25.0. The summed E-state index contributed by atoms with van der Waals surface area (Å²) in [4.78, 5) is 27.7. The van der Waals surface area contributed by atoms with Gasteiger partial charge in [-0.15, -0.1) is 0 Å². The molecule has 34 heavy (non-hydrogen) atoms.